The number of rotatable bonds is 4. The summed E-state index contributed by atoms with van der Waals surface area (Å²) in [5, 5.41) is 3.28. The van der Waals surface area contributed by atoms with E-state index in [1.165, 1.54) is 6.07 Å². The molecule has 3 atom stereocenters. The van der Waals surface area contributed by atoms with E-state index in [0.717, 1.165) is 37.2 Å². The zero-order valence-corrected chi connectivity index (χ0v) is 18.6. The molecule has 1 unspecified atom stereocenters. The van der Waals surface area contributed by atoms with Crippen LogP contribution in [0.15, 0.2) is 54.9 Å². The van der Waals surface area contributed by atoms with Gasteiger partial charge in [0.2, 0.25) is 0 Å². The number of carbonyl (C=O) groups excluding carboxylic acids is 1. The number of hydrogen-bond donors (Lipinski definition) is 1. The number of halogens is 3. The van der Waals surface area contributed by atoms with Crippen LogP contribution >= 0.6 is 0 Å². The van der Waals surface area contributed by atoms with Crippen molar-refractivity contribution < 1.29 is 18.0 Å². The number of aryl methyl sites for hydroxylation is 1. The van der Waals surface area contributed by atoms with E-state index in [4.69, 9.17) is 0 Å². The number of hydrogen-bond acceptors (Lipinski definition) is 5. The summed E-state index contributed by atoms with van der Waals surface area (Å²) >= 11 is 0. The first-order valence-electron chi connectivity index (χ1n) is 11.3. The number of amides is 1. The highest BCUT2D eigenvalue weighted by Gasteiger charge is 2.43. The van der Waals surface area contributed by atoms with Crippen molar-refractivity contribution in [3.05, 3.63) is 71.7 Å². The first-order valence-corrected chi connectivity index (χ1v) is 11.3. The monoisotopic (exact) mass is 467 g/mol. The first-order chi connectivity index (χ1) is 16.3. The molecule has 6 rings (SSSR count). The van der Waals surface area contributed by atoms with Gasteiger partial charge in [-0.15, -0.1) is 0 Å². The molecule has 1 amide bonds. The van der Waals surface area contributed by atoms with Crippen LogP contribution in [0.3, 0.4) is 0 Å². The van der Waals surface area contributed by atoms with Crippen molar-refractivity contribution in [3.8, 4) is 11.4 Å². The Labute approximate surface area is 195 Å². The third-order valence-corrected chi connectivity index (χ3v) is 6.63. The number of nitrogens with zero attached hydrogens (tertiary/aromatic N) is 4. The van der Waals surface area contributed by atoms with Gasteiger partial charge < -0.3 is 10.2 Å². The molecule has 3 aromatic heterocycles. The Balaban J connectivity index is 1.40. The van der Waals surface area contributed by atoms with Gasteiger partial charge in [-0.05, 0) is 68.5 Å². The fraction of sp³-hybridized carbons (Fsp3) is 0.360. The normalized spacial score (nSPS) is 22.0. The SMILES string of the molecule is Cc1ccc(C(=O)N2CC3CC[C@H]2[C@H](Nc2ccc(C(F)(F)F)cn2)C3)c(-c2ccccn2)n1. The molecular formula is C25H24F3N5O. The van der Waals surface area contributed by atoms with Crippen molar-refractivity contribution in [3.63, 3.8) is 0 Å². The molecule has 1 saturated carbocycles. The number of pyridine rings is 3. The molecule has 1 aliphatic carbocycles. The number of alkyl halides is 3. The van der Waals surface area contributed by atoms with Crippen LogP contribution in [-0.4, -0.2) is 44.4 Å². The predicted molar refractivity (Wildman–Crippen MR) is 121 cm³/mol. The molecular weight excluding hydrogens is 443 g/mol. The lowest BCUT2D eigenvalue weighted by Crippen LogP contribution is -2.59. The summed E-state index contributed by atoms with van der Waals surface area (Å²) in [7, 11) is 0. The van der Waals surface area contributed by atoms with Crippen molar-refractivity contribution in [1.29, 1.82) is 0 Å². The highest BCUT2D eigenvalue weighted by atomic mass is 19.4. The zero-order valence-electron chi connectivity index (χ0n) is 18.6. The molecule has 0 aromatic carbocycles. The fourth-order valence-electron chi connectivity index (χ4n) is 5.00. The number of piperidine rings is 2. The van der Waals surface area contributed by atoms with E-state index in [-0.39, 0.29) is 18.0 Å². The Morgan fingerprint density at radius 1 is 1.09 bits per heavy atom. The van der Waals surface area contributed by atoms with Gasteiger partial charge in [0.1, 0.15) is 11.5 Å². The van der Waals surface area contributed by atoms with Crippen LogP contribution in [0.4, 0.5) is 19.0 Å². The molecule has 3 aliphatic rings. The molecule has 9 heteroatoms. The molecule has 2 bridgehead atoms. The standard InChI is InChI=1S/C25H24F3N5O/c1-15-5-8-18(23(31-15)19-4-2-3-11-29-19)24(34)33-14-16-6-9-21(33)20(12-16)32-22-10-7-17(13-30-22)25(26,27)28/h2-5,7-8,10-11,13,16,20-21H,6,9,12,14H2,1H3,(H,30,32)/t16?,20-,21+/m1/s1. The topological polar surface area (TPSA) is 71.0 Å². The molecule has 3 fully saturated rings. The predicted octanol–water partition coefficient (Wildman–Crippen LogP) is 4.97. The molecule has 5 heterocycles. The molecule has 3 aromatic rings. The van der Waals surface area contributed by atoms with E-state index in [1.54, 1.807) is 12.3 Å². The van der Waals surface area contributed by atoms with Crippen molar-refractivity contribution in [1.82, 2.24) is 19.9 Å². The summed E-state index contributed by atoms with van der Waals surface area (Å²) in [5.41, 5.74) is 1.71. The minimum Gasteiger partial charge on any atom is -0.365 e. The summed E-state index contributed by atoms with van der Waals surface area (Å²) < 4.78 is 38.6. The van der Waals surface area contributed by atoms with Gasteiger partial charge in [-0.2, -0.15) is 13.2 Å². The molecule has 176 valence electrons. The van der Waals surface area contributed by atoms with Crippen LogP contribution in [-0.2, 0) is 6.18 Å². The highest BCUT2D eigenvalue weighted by Crippen LogP contribution is 2.38. The maximum absolute atomic E-state index is 13.7. The molecule has 0 spiro atoms. The molecule has 1 N–H and O–H groups in total. The minimum atomic E-state index is -4.42. The lowest BCUT2D eigenvalue weighted by molar-refractivity contribution is -0.137. The van der Waals surface area contributed by atoms with Crippen LogP contribution in [0.2, 0.25) is 0 Å². The first kappa shape index (κ1) is 22.3. The second-order valence-corrected chi connectivity index (χ2v) is 8.95. The van der Waals surface area contributed by atoms with Gasteiger partial charge in [0.15, 0.2) is 0 Å². The van der Waals surface area contributed by atoms with Crippen molar-refractivity contribution in [2.75, 3.05) is 11.9 Å². The number of carbonyl (C=O) groups is 1. The number of nitrogens with one attached hydrogen (secondary N) is 1. The second-order valence-electron chi connectivity index (χ2n) is 8.95. The lowest BCUT2D eigenvalue weighted by atomic mass is 9.76. The van der Waals surface area contributed by atoms with Crippen LogP contribution < -0.4 is 5.32 Å². The van der Waals surface area contributed by atoms with Crippen molar-refractivity contribution >= 4 is 11.7 Å². The molecule has 34 heavy (non-hydrogen) atoms. The van der Waals surface area contributed by atoms with Crippen molar-refractivity contribution in [2.24, 2.45) is 5.92 Å². The zero-order chi connectivity index (χ0) is 23.9. The van der Waals surface area contributed by atoms with Gasteiger partial charge in [-0.25, -0.2) is 4.98 Å². The van der Waals surface area contributed by atoms with Gasteiger partial charge >= 0.3 is 6.18 Å². The molecule has 2 saturated heterocycles. The third-order valence-electron chi connectivity index (χ3n) is 6.63. The Morgan fingerprint density at radius 2 is 1.94 bits per heavy atom. The Morgan fingerprint density at radius 3 is 2.62 bits per heavy atom. The van der Waals surface area contributed by atoms with Gasteiger partial charge in [0.05, 0.1) is 22.9 Å². The quantitative estimate of drug-likeness (QED) is 0.587. The highest BCUT2D eigenvalue weighted by molar-refractivity contribution is 6.00. The summed E-state index contributed by atoms with van der Waals surface area (Å²) in [6.07, 6.45) is 0.776. The van der Waals surface area contributed by atoms with Crippen LogP contribution in [0, 0.1) is 12.8 Å². The summed E-state index contributed by atoms with van der Waals surface area (Å²) in [4.78, 5) is 28.6. The average molecular weight is 467 g/mol. The average Bonchev–Trinajstić information content (AvgIpc) is 2.84. The van der Waals surface area contributed by atoms with Gasteiger partial charge in [0, 0.05) is 30.7 Å². The van der Waals surface area contributed by atoms with E-state index in [0.29, 0.717) is 35.2 Å². The third kappa shape index (κ3) is 4.34. The fourth-order valence-corrected chi connectivity index (χ4v) is 5.00. The van der Waals surface area contributed by atoms with Gasteiger partial charge in [-0.1, -0.05) is 6.07 Å². The number of anilines is 1. The molecule has 2 aliphatic heterocycles. The number of fused-ring (bicyclic) bond motifs is 3. The minimum absolute atomic E-state index is 0.0838. The largest absolute Gasteiger partial charge is 0.417 e. The Hall–Kier alpha value is -3.49. The van der Waals surface area contributed by atoms with Crippen LogP contribution in [0.1, 0.15) is 40.9 Å². The number of aromatic nitrogens is 3. The summed E-state index contributed by atoms with van der Waals surface area (Å²) in [5.74, 6) is 0.594. The second kappa shape index (κ2) is 8.70. The van der Waals surface area contributed by atoms with E-state index < -0.39 is 11.7 Å². The van der Waals surface area contributed by atoms with E-state index >= 15 is 0 Å². The van der Waals surface area contributed by atoms with Gasteiger partial charge in [-0.3, -0.25) is 14.8 Å². The van der Waals surface area contributed by atoms with Gasteiger partial charge in [0.25, 0.3) is 5.91 Å². The van der Waals surface area contributed by atoms with E-state index in [1.807, 2.05) is 36.1 Å². The lowest BCUT2D eigenvalue weighted by Gasteiger charge is -2.50. The maximum atomic E-state index is 13.7. The Bertz CT molecular complexity index is 1180. The Kier molecular flexibility index (Phi) is 5.71. The van der Waals surface area contributed by atoms with Crippen LogP contribution in [0.5, 0.6) is 0 Å². The molecule has 6 nitrogen and oxygen atoms in total. The maximum Gasteiger partial charge on any atom is 0.417 e. The molecule has 0 radical (unpaired) electrons. The van der Waals surface area contributed by atoms with Crippen LogP contribution in [0.25, 0.3) is 11.4 Å². The van der Waals surface area contributed by atoms with E-state index in [2.05, 4.69) is 20.3 Å². The summed E-state index contributed by atoms with van der Waals surface area (Å²) in [6.45, 7) is 2.53. The summed E-state index contributed by atoms with van der Waals surface area (Å²) in [6, 6.07) is 11.3. The van der Waals surface area contributed by atoms with E-state index in [9.17, 15) is 18.0 Å². The smallest absolute Gasteiger partial charge is 0.365 e. The van der Waals surface area contributed by atoms with Crippen molar-refractivity contribution in [2.45, 2.75) is 44.4 Å².